The minimum atomic E-state index is -0.192. The molecule has 1 aromatic carbocycles. The molecule has 0 spiro atoms. The maximum absolute atomic E-state index is 13.0. The maximum Gasteiger partial charge on any atom is 0.123 e. The molecular formula is C12H14FN3S. The van der Waals surface area contributed by atoms with Crippen molar-refractivity contribution in [1.29, 1.82) is 0 Å². The van der Waals surface area contributed by atoms with Crippen molar-refractivity contribution in [2.24, 2.45) is 0 Å². The molecule has 0 saturated heterocycles. The monoisotopic (exact) mass is 251 g/mol. The van der Waals surface area contributed by atoms with Gasteiger partial charge in [0.1, 0.15) is 5.82 Å². The third-order valence-corrected chi connectivity index (χ3v) is 3.33. The first-order valence-electron chi connectivity index (χ1n) is 5.40. The predicted molar refractivity (Wildman–Crippen MR) is 66.6 cm³/mol. The molecular weight excluding hydrogens is 237 g/mol. The number of aromatic nitrogens is 2. The molecule has 0 aliphatic rings. The van der Waals surface area contributed by atoms with Crippen LogP contribution in [0.4, 0.5) is 4.39 Å². The van der Waals surface area contributed by atoms with E-state index in [-0.39, 0.29) is 11.9 Å². The van der Waals surface area contributed by atoms with Gasteiger partial charge < -0.3 is 5.32 Å². The van der Waals surface area contributed by atoms with Crippen molar-refractivity contribution in [2.75, 3.05) is 7.05 Å². The summed E-state index contributed by atoms with van der Waals surface area (Å²) in [5.74, 6) is -0.192. The zero-order chi connectivity index (χ0) is 12.3. The van der Waals surface area contributed by atoms with Crippen LogP contribution in [0.25, 0.3) is 0 Å². The molecule has 0 aliphatic carbocycles. The molecule has 0 aliphatic heterocycles. The van der Waals surface area contributed by atoms with Crippen LogP contribution in [0.3, 0.4) is 0 Å². The molecule has 1 aromatic heterocycles. The zero-order valence-electron chi connectivity index (χ0n) is 9.77. The zero-order valence-corrected chi connectivity index (χ0v) is 10.6. The first-order chi connectivity index (χ1) is 8.20. The molecule has 1 N–H and O–H groups in total. The van der Waals surface area contributed by atoms with Gasteiger partial charge in [-0.2, -0.15) is 0 Å². The molecule has 1 heterocycles. The molecule has 1 unspecified atom stereocenters. The van der Waals surface area contributed by atoms with Gasteiger partial charge >= 0.3 is 0 Å². The number of hydrogen-bond donors (Lipinski definition) is 1. The van der Waals surface area contributed by atoms with E-state index in [9.17, 15) is 4.39 Å². The van der Waals surface area contributed by atoms with E-state index in [4.69, 9.17) is 0 Å². The van der Waals surface area contributed by atoms with Crippen molar-refractivity contribution in [3.8, 4) is 0 Å². The number of likely N-dealkylation sites (N-methyl/N-ethyl adjacent to an activating group) is 1. The highest BCUT2D eigenvalue weighted by Gasteiger charge is 2.14. The second-order valence-electron chi connectivity index (χ2n) is 3.95. The van der Waals surface area contributed by atoms with Crippen LogP contribution in [0.2, 0.25) is 0 Å². The molecule has 90 valence electrons. The summed E-state index contributed by atoms with van der Waals surface area (Å²) in [5, 5.41) is 9.20. The minimum Gasteiger partial charge on any atom is -0.311 e. The number of benzene rings is 1. The largest absolute Gasteiger partial charge is 0.311 e. The van der Waals surface area contributed by atoms with E-state index < -0.39 is 0 Å². The highest BCUT2D eigenvalue weighted by atomic mass is 32.1. The van der Waals surface area contributed by atoms with Gasteiger partial charge in [-0.05, 0) is 55.2 Å². The molecule has 5 heteroatoms. The van der Waals surface area contributed by atoms with E-state index in [1.54, 1.807) is 6.07 Å². The summed E-state index contributed by atoms with van der Waals surface area (Å²) < 4.78 is 16.9. The Kier molecular flexibility index (Phi) is 3.81. The van der Waals surface area contributed by atoms with Gasteiger partial charge in [-0.25, -0.2) is 4.39 Å². The highest BCUT2D eigenvalue weighted by Crippen LogP contribution is 2.20. The Morgan fingerprint density at radius 3 is 2.88 bits per heavy atom. The SMILES string of the molecule is CNC(Cc1ccc(F)cc1C)c1csnn1. The third-order valence-electron chi connectivity index (χ3n) is 2.81. The summed E-state index contributed by atoms with van der Waals surface area (Å²) in [6, 6.07) is 5.00. The Bertz CT molecular complexity index is 485. The van der Waals surface area contributed by atoms with E-state index in [1.165, 1.54) is 17.6 Å². The second kappa shape index (κ2) is 5.33. The Morgan fingerprint density at radius 2 is 2.29 bits per heavy atom. The molecule has 0 fully saturated rings. The van der Waals surface area contributed by atoms with Gasteiger partial charge in [0, 0.05) is 5.38 Å². The summed E-state index contributed by atoms with van der Waals surface area (Å²) in [6.45, 7) is 1.92. The van der Waals surface area contributed by atoms with Crippen molar-refractivity contribution < 1.29 is 4.39 Å². The topological polar surface area (TPSA) is 37.8 Å². The Labute approximate surface area is 104 Å². The van der Waals surface area contributed by atoms with E-state index in [0.29, 0.717) is 0 Å². The van der Waals surface area contributed by atoms with E-state index in [1.807, 2.05) is 25.4 Å². The van der Waals surface area contributed by atoms with E-state index in [2.05, 4.69) is 14.9 Å². The van der Waals surface area contributed by atoms with Gasteiger partial charge in [-0.3, -0.25) is 0 Å². The highest BCUT2D eigenvalue weighted by molar-refractivity contribution is 7.03. The molecule has 0 radical (unpaired) electrons. The minimum absolute atomic E-state index is 0.123. The van der Waals surface area contributed by atoms with Gasteiger partial charge in [0.15, 0.2) is 0 Å². The number of nitrogens with one attached hydrogen (secondary N) is 1. The van der Waals surface area contributed by atoms with Gasteiger partial charge in [-0.1, -0.05) is 10.6 Å². The molecule has 2 rings (SSSR count). The first-order valence-corrected chi connectivity index (χ1v) is 6.23. The standard InChI is InChI=1S/C12H14FN3S/c1-8-5-10(13)4-3-9(8)6-11(14-2)12-7-17-16-15-12/h3-5,7,11,14H,6H2,1-2H3. The fraction of sp³-hybridized carbons (Fsp3) is 0.333. The molecule has 0 bridgehead atoms. The van der Waals surface area contributed by atoms with Crippen LogP contribution in [0.5, 0.6) is 0 Å². The Morgan fingerprint density at radius 1 is 1.47 bits per heavy atom. The van der Waals surface area contributed by atoms with Gasteiger partial charge in [0.05, 0.1) is 11.7 Å². The average molecular weight is 251 g/mol. The van der Waals surface area contributed by atoms with Crippen LogP contribution in [-0.2, 0) is 6.42 Å². The van der Waals surface area contributed by atoms with Gasteiger partial charge in [0.2, 0.25) is 0 Å². The van der Waals surface area contributed by atoms with Crippen LogP contribution in [0.15, 0.2) is 23.6 Å². The molecule has 0 saturated carbocycles. The number of aryl methyl sites for hydroxylation is 1. The number of hydrogen-bond acceptors (Lipinski definition) is 4. The van der Waals surface area contributed by atoms with Crippen LogP contribution < -0.4 is 5.32 Å². The molecule has 3 nitrogen and oxygen atoms in total. The summed E-state index contributed by atoms with van der Waals surface area (Å²) in [6.07, 6.45) is 0.786. The normalized spacial score (nSPS) is 12.6. The van der Waals surface area contributed by atoms with Crippen LogP contribution in [-0.4, -0.2) is 16.6 Å². The van der Waals surface area contributed by atoms with E-state index >= 15 is 0 Å². The lowest BCUT2D eigenvalue weighted by Crippen LogP contribution is -2.19. The summed E-state index contributed by atoms with van der Waals surface area (Å²) in [5.41, 5.74) is 3.02. The summed E-state index contributed by atoms with van der Waals surface area (Å²) >= 11 is 1.34. The van der Waals surface area contributed by atoms with Crippen LogP contribution in [0, 0.1) is 12.7 Å². The van der Waals surface area contributed by atoms with Crippen LogP contribution >= 0.6 is 11.5 Å². The average Bonchev–Trinajstić information content (AvgIpc) is 2.81. The summed E-state index contributed by atoms with van der Waals surface area (Å²) in [7, 11) is 1.89. The van der Waals surface area contributed by atoms with Gasteiger partial charge in [0.25, 0.3) is 0 Å². The lowest BCUT2D eigenvalue weighted by Gasteiger charge is -2.14. The van der Waals surface area contributed by atoms with Crippen molar-refractivity contribution in [1.82, 2.24) is 14.9 Å². The molecule has 1 atom stereocenters. The Balaban J connectivity index is 2.19. The fourth-order valence-corrected chi connectivity index (χ4v) is 2.29. The second-order valence-corrected chi connectivity index (χ2v) is 4.56. The molecule has 17 heavy (non-hydrogen) atoms. The fourth-order valence-electron chi connectivity index (χ4n) is 1.79. The maximum atomic E-state index is 13.0. The van der Waals surface area contributed by atoms with Crippen molar-refractivity contribution in [2.45, 2.75) is 19.4 Å². The van der Waals surface area contributed by atoms with Gasteiger partial charge in [-0.15, -0.1) is 5.10 Å². The number of halogens is 1. The quantitative estimate of drug-likeness (QED) is 0.907. The molecule has 0 amide bonds. The lowest BCUT2D eigenvalue weighted by atomic mass is 10.00. The smallest absolute Gasteiger partial charge is 0.123 e. The first kappa shape index (κ1) is 12.1. The van der Waals surface area contributed by atoms with E-state index in [0.717, 1.165) is 23.2 Å². The van der Waals surface area contributed by atoms with Crippen molar-refractivity contribution in [3.05, 3.63) is 46.2 Å². The number of nitrogens with zero attached hydrogens (tertiary/aromatic N) is 2. The van der Waals surface area contributed by atoms with Crippen molar-refractivity contribution >= 4 is 11.5 Å². The van der Waals surface area contributed by atoms with Crippen molar-refractivity contribution in [3.63, 3.8) is 0 Å². The number of rotatable bonds is 4. The predicted octanol–water partition coefficient (Wildman–Crippen LogP) is 2.49. The summed E-state index contributed by atoms with van der Waals surface area (Å²) in [4.78, 5) is 0. The lowest BCUT2D eigenvalue weighted by molar-refractivity contribution is 0.570. The third kappa shape index (κ3) is 2.87. The Hall–Kier alpha value is -1.33. The molecule has 2 aromatic rings. The van der Waals surface area contributed by atoms with Crippen LogP contribution in [0.1, 0.15) is 22.9 Å².